The standard InChI is InChI=1S/C27H31Cl2N5O2/c1-18-4-3-5-24(19(18)2)33-12-14-34(15-13-33)27(35)20-8-10-32(11-9-20)17-25-30-26(31-36-25)22-7-6-21(28)16-23(22)29/h3-7,16,20H,8-15,17H2,1-2H3. The fourth-order valence-electron chi connectivity index (χ4n) is 5.13. The topological polar surface area (TPSA) is 65.7 Å². The zero-order chi connectivity index (χ0) is 25.2. The second-order valence-corrected chi connectivity index (χ2v) is 10.6. The Balaban J connectivity index is 1.11. The van der Waals surface area contributed by atoms with Crippen molar-refractivity contribution in [2.45, 2.75) is 33.2 Å². The van der Waals surface area contributed by atoms with Crippen molar-refractivity contribution in [3.63, 3.8) is 0 Å². The number of likely N-dealkylation sites (tertiary alicyclic amines) is 1. The summed E-state index contributed by atoms with van der Waals surface area (Å²) < 4.78 is 5.46. The molecule has 0 atom stereocenters. The van der Waals surface area contributed by atoms with E-state index in [9.17, 15) is 4.79 Å². The summed E-state index contributed by atoms with van der Waals surface area (Å²) in [5.41, 5.74) is 4.62. The average Bonchev–Trinajstić information content (AvgIpc) is 3.34. The SMILES string of the molecule is Cc1cccc(N2CCN(C(=O)C3CCN(Cc4nc(-c5ccc(Cl)cc5Cl)no4)CC3)CC2)c1C. The molecule has 1 aromatic heterocycles. The monoisotopic (exact) mass is 527 g/mol. The highest BCUT2D eigenvalue weighted by Crippen LogP contribution is 2.29. The number of carbonyl (C=O) groups is 1. The molecule has 7 nitrogen and oxygen atoms in total. The number of halogens is 2. The maximum Gasteiger partial charge on any atom is 0.241 e. The molecule has 36 heavy (non-hydrogen) atoms. The Morgan fingerprint density at radius 1 is 1.03 bits per heavy atom. The fraction of sp³-hybridized carbons (Fsp3) is 0.444. The number of rotatable bonds is 5. The van der Waals surface area contributed by atoms with Crippen LogP contribution in [0, 0.1) is 19.8 Å². The first-order valence-corrected chi connectivity index (χ1v) is 13.2. The highest BCUT2D eigenvalue weighted by Gasteiger charge is 2.31. The molecule has 2 aromatic carbocycles. The number of hydrogen-bond acceptors (Lipinski definition) is 6. The van der Waals surface area contributed by atoms with Gasteiger partial charge in [0.15, 0.2) is 0 Å². The minimum Gasteiger partial charge on any atom is -0.368 e. The molecule has 2 aliphatic rings. The molecule has 3 heterocycles. The van der Waals surface area contributed by atoms with Crippen molar-refractivity contribution in [2.75, 3.05) is 44.2 Å². The van der Waals surface area contributed by atoms with Crippen LogP contribution in [0.15, 0.2) is 40.9 Å². The van der Waals surface area contributed by atoms with Crippen LogP contribution in [0.5, 0.6) is 0 Å². The molecule has 190 valence electrons. The van der Waals surface area contributed by atoms with Crippen LogP contribution in [0.2, 0.25) is 10.0 Å². The van der Waals surface area contributed by atoms with Gasteiger partial charge in [-0.2, -0.15) is 4.98 Å². The Hall–Kier alpha value is -2.61. The lowest BCUT2D eigenvalue weighted by atomic mass is 9.95. The third kappa shape index (κ3) is 5.38. The van der Waals surface area contributed by atoms with Crippen molar-refractivity contribution in [2.24, 2.45) is 5.92 Å². The molecule has 0 radical (unpaired) electrons. The van der Waals surface area contributed by atoms with Crippen LogP contribution < -0.4 is 4.90 Å². The molecule has 5 rings (SSSR count). The maximum absolute atomic E-state index is 13.2. The van der Waals surface area contributed by atoms with Crippen LogP contribution in [-0.4, -0.2) is 65.1 Å². The molecule has 0 aliphatic carbocycles. The lowest BCUT2D eigenvalue weighted by Crippen LogP contribution is -2.51. The zero-order valence-electron chi connectivity index (χ0n) is 20.7. The van der Waals surface area contributed by atoms with Gasteiger partial charge in [-0.3, -0.25) is 9.69 Å². The van der Waals surface area contributed by atoms with Crippen molar-refractivity contribution in [1.82, 2.24) is 19.9 Å². The summed E-state index contributed by atoms with van der Waals surface area (Å²) in [7, 11) is 0. The summed E-state index contributed by atoms with van der Waals surface area (Å²) in [4.78, 5) is 24.5. The number of benzene rings is 2. The van der Waals surface area contributed by atoms with E-state index >= 15 is 0 Å². The number of anilines is 1. The predicted molar refractivity (Wildman–Crippen MR) is 142 cm³/mol. The van der Waals surface area contributed by atoms with Gasteiger partial charge in [-0.25, -0.2) is 0 Å². The van der Waals surface area contributed by atoms with Gasteiger partial charge in [0.05, 0.1) is 11.6 Å². The molecule has 0 N–H and O–H groups in total. The van der Waals surface area contributed by atoms with Gasteiger partial charge in [0.25, 0.3) is 0 Å². The van der Waals surface area contributed by atoms with Gasteiger partial charge in [-0.05, 0) is 75.2 Å². The summed E-state index contributed by atoms with van der Waals surface area (Å²) in [6.07, 6.45) is 1.69. The maximum atomic E-state index is 13.2. The number of carbonyl (C=O) groups excluding carboxylic acids is 1. The normalized spacial score (nSPS) is 17.6. The number of piperazine rings is 1. The van der Waals surface area contributed by atoms with E-state index in [1.165, 1.54) is 16.8 Å². The number of piperidine rings is 1. The molecular weight excluding hydrogens is 497 g/mol. The molecule has 2 aliphatic heterocycles. The molecular formula is C27H31Cl2N5O2. The lowest BCUT2D eigenvalue weighted by Gasteiger charge is -2.39. The molecule has 3 aromatic rings. The van der Waals surface area contributed by atoms with Gasteiger partial charge in [0.2, 0.25) is 17.6 Å². The Kier molecular flexibility index (Phi) is 7.51. The first-order valence-electron chi connectivity index (χ1n) is 12.5. The van der Waals surface area contributed by atoms with E-state index in [4.69, 9.17) is 27.7 Å². The third-order valence-corrected chi connectivity index (χ3v) is 7.99. The van der Waals surface area contributed by atoms with Gasteiger partial charge in [-0.1, -0.05) is 40.5 Å². The van der Waals surface area contributed by atoms with Crippen LogP contribution in [-0.2, 0) is 11.3 Å². The van der Waals surface area contributed by atoms with Crippen LogP contribution in [0.25, 0.3) is 11.4 Å². The van der Waals surface area contributed by atoms with E-state index in [0.29, 0.717) is 39.8 Å². The molecule has 0 saturated carbocycles. The Morgan fingerprint density at radius 2 is 1.78 bits per heavy atom. The summed E-state index contributed by atoms with van der Waals surface area (Å²) in [6.45, 7) is 9.88. The first kappa shape index (κ1) is 25.1. The van der Waals surface area contributed by atoms with Crippen LogP contribution in [0.1, 0.15) is 29.9 Å². The number of aromatic nitrogens is 2. The van der Waals surface area contributed by atoms with Gasteiger partial charge in [0, 0.05) is 48.4 Å². The van der Waals surface area contributed by atoms with Crippen molar-refractivity contribution in [3.05, 3.63) is 63.5 Å². The number of aryl methyl sites for hydroxylation is 1. The van der Waals surface area contributed by atoms with E-state index in [0.717, 1.165) is 52.1 Å². The largest absolute Gasteiger partial charge is 0.368 e. The minimum absolute atomic E-state index is 0.0830. The molecule has 2 fully saturated rings. The predicted octanol–water partition coefficient (Wildman–Crippen LogP) is 5.22. The minimum atomic E-state index is 0.0830. The quantitative estimate of drug-likeness (QED) is 0.453. The summed E-state index contributed by atoms with van der Waals surface area (Å²) in [5.74, 6) is 1.38. The van der Waals surface area contributed by atoms with E-state index in [2.05, 4.69) is 56.9 Å². The highest BCUT2D eigenvalue weighted by molar-refractivity contribution is 6.36. The third-order valence-electron chi connectivity index (χ3n) is 7.44. The smallest absolute Gasteiger partial charge is 0.241 e. The van der Waals surface area contributed by atoms with Gasteiger partial charge in [-0.15, -0.1) is 0 Å². The van der Waals surface area contributed by atoms with Gasteiger partial charge < -0.3 is 14.3 Å². The number of amides is 1. The van der Waals surface area contributed by atoms with Gasteiger partial charge in [0.1, 0.15) is 0 Å². The first-order chi connectivity index (χ1) is 17.4. The molecule has 2 saturated heterocycles. The molecule has 0 bridgehead atoms. The van der Waals surface area contributed by atoms with Crippen molar-refractivity contribution >= 4 is 34.8 Å². The highest BCUT2D eigenvalue weighted by atomic mass is 35.5. The number of nitrogens with zero attached hydrogens (tertiary/aromatic N) is 5. The second-order valence-electron chi connectivity index (χ2n) is 9.72. The summed E-state index contributed by atoms with van der Waals surface area (Å²) >= 11 is 12.3. The second kappa shape index (κ2) is 10.8. The molecule has 1 amide bonds. The van der Waals surface area contributed by atoms with E-state index in [-0.39, 0.29) is 5.92 Å². The molecule has 0 spiro atoms. The van der Waals surface area contributed by atoms with Gasteiger partial charge >= 0.3 is 0 Å². The Labute approximate surface area is 222 Å². The zero-order valence-corrected chi connectivity index (χ0v) is 22.2. The van der Waals surface area contributed by atoms with Crippen molar-refractivity contribution in [3.8, 4) is 11.4 Å². The molecule has 0 unspecified atom stereocenters. The van der Waals surface area contributed by atoms with Crippen LogP contribution in [0.4, 0.5) is 5.69 Å². The summed E-state index contributed by atoms with van der Waals surface area (Å²) in [5, 5.41) is 5.13. The Morgan fingerprint density at radius 3 is 2.50 bits per heavy atom. The Bertz CT molecular complexity index is 1230. The van der Waals surface area contributed by atoms with Crippen LogP contribution in [0.3, 0.4) is 0 Å². The van der Waals surface area contributed by atoms with E-state index < -0.39 is 0 Å². The van der Waals surface area contributed by atoms with E-state index in [1.54, 1.807) is 18.2 Å². The fourth-order valence-corrected chi connectivity index (χ4v) is 5.63. The van der Waals surface area contributed by atoms with E-state index in [1.807, 2.05) is 0 Å². The average molecular weight is 528 g/mol. The molecule has 9 heteroatoms. The van der Waals surface area contributed by atoms with Crippen LogP contribution >= 0.6 is 23.2 Å². The lowest BCUT2D eigenvalue weighted by molar-refractivity contribution is -0.137. The summed E-state index contributed by atoms with van der Waals surface area (Å²) in [6, 6.07) is 11.7. The van der Waals surface area contributed by atoms with Crippen molar-refractivity contribution < 1.29 is 9.32 Å². The number of hydrogen-bond donors (Lipinski definition) is 0. The van der Waals surface area contributed by atoms with Crippen molar-refractivity contribution in [1.29, 1.82) is 0 Å².